The van der Waals surface area contributed by atoms with Gasteiger partial charge in [0.25, 0.3) is 0 Å². The number of anilines is 1. The summed E-state index contributed by atoms with van der Waals surface area (Å²) in [6, 6.07) is 16.5. The molecule has 0 aliphatic carbocycles. The van der Waals surface area contributed by atoms with Gasteiger partial charge in [-0.15, -0.1) is 10.2 Å². The lowest BCUT2D eigenvalue weighted by molar-refractivity contribution is -0.126. The van der Waals surface area contributed by atoms with E-state index in [1.54, 1.807) is 7.11 Å². The summed E-state index contributed by atoms with van der Waals surface area (Å²) in [5, 5.41) is 15.2. The zero-order chi connectivity index (χ0) is 27.0. The smallest absolute Gasteiger partial charge is 0.249 e. The highest BCUT2D eigenvalue weighted by molar-refractivity contribution is 7.18. The third-order valence-electron chi connectivity index (χ3n) is 6.41. The van der Waals surface area contributed by atoms with Crippen LogP contribution < -0.4 is 15.4 Å². The van der Waals surface area contributed by atoms with Gasteiger partial charge in [0.2, 0.25) is 16.9 Å². The third-order valence-corrected chi connectivity index (χ3v) is 7.30. The summed E-state index contributed by atoms with van der Waals surface area (Å²) in [6.45, 7) is 2.23. The van der Waals surface area contributed by atoms with E-state index in [-0.39, 0.29) is 11.8 Å². The third kappa shape index (κ3) is 10.2. The van der Waals surface area contributed by atoms with E-state index in [1.807, 2.05) is 54.6 Å². The van der Waals surface area contributed by atoms with Crippen LogP contribution >= 0.6 is 11.3 Å². The van der Waals surface area contributed by atoms with Crippen molar-refractivity contribution in [3.05, 3.63) is 60.2 Å². The lowest BCUT2D eigenvalue weighted by Gasteiger charge is -2.18. The number of methoxy groups -OCH3 is 1. The number of hydrogen-bond donors (Lipinski definition) is 2. The second kappa shape index (κ2) is 16.6. The predicted molar refractivity (Wildman–Crippen MR) is 154 cm³/mol. The Morgan fingerprint density at radius 2 is 1.61 bits per heavy atom. The van der Waals surface area contributed by atoms with Crippen molar-refractivity contribution in [2.75, 3.05) is 12.4 Å². The maximum Gasteiger partial charge on any atom is 0.249 e. The second-order valence-corrected chi connectivity index (χ2v) is 10.5. The largest absolute Gasteiger partial charge is 0.497 e. The summed E-state index contributed by atoms with van der Waals surface area (Å²) >= 11 is 1.28. The van der Waals surface area contributed by atoms with Crippen LogP contribution in [0.4, 0.5) is 5.13 Å². The van der Waals surface area contributed by atoms with E-state index >= 15 is 0 Å². The van der Waals surface area contributed by atoms with Crippen molar-refractivity contribution in [2.45, 2.75) is 83.6 Å². The Labute approximate surface area is 230 Å². The molecule has 38 heavy (non-hydrogen) atoms. The van der Waals surface area contributed by atoms with E-state index in [1.165, 1.54) is 49.9 Å². The first-order valence-corrected chi connectivity index (χ1v) is 14.5. The van der Waals surface area contributed by atoms with Crippen molar-refractivity contribution in [1.29, 1.82) is 0 Å². The molecule has 204 valence electrons. The monoisotopic (exact) mass is 536 g/mol. The van der Waals surface area contributed by atoms with Gasteiger partial charge in [-0.25, -0.2) is 0 Å². The molecule has 3 rings (SSSR count). The van der Waals surface area contributed by atoms with Crippen LogP contribution in [0.3, 0.4) is 0 Å². The summed E-state index contributed by atoms with van der Waals surface area (Å²) < 4.78 is 5.28. The molecule has 0 spiro atoms. The summed E-state index contributed by atoms with van der Waals surface area (Å²) in [4.78, 5) is 25.9. The highest BCUT2D eigenvalue weighted by Crippen LogP contribution is 2.28. The molecular weight excluding hydrogens is 496 g/mol. The molecule has 1 aromatic heterocycles. The summed E-state index contributed by atoms with van der Waals surface area (Å²) in [7, 11) is 1.61. The molecule has 0 bridgehead atoms. The van der Waals surface area contributed by atoms with Crippen LogP contribution in [0.2, 0.25) is 0 Å². The molecule has 8 heteroatoms. The second-order valence-electron chi connectivity index (χ2n) is 9.52. The maximum atomic E-state index is 13.2. The normalized spacial score (nSPS) is 11.6. The standard InChI is InChI=1S/C30H40N4O3S/c1-3-4-5-6-7-8-9-10-14-20-27(35)31-26(21-23-16-12-11-13-17-23)28(36)32-30-34-33-29(38-30)24-18-15-19-25(22-24)37-2/h11-13,15-19,22,26H,3-10,14,20-21H2,1-2H3,(H,31,35)(H,32,34,36). The first-order chi connectivity index (χ1) is 18.6. The molecule has 1 heterocycles. The number of aromatic nitrogens is 2. The fourth-order valence-corrected chi connectivity index (χ4v) is 5.00. The number of carbonyl (C=O) groups is 2. The van der Waals surface area contributed by atoms with E-state index < -0.39 is 6.04 Å². The molecule has 0 saturated heterocycles. The zero-order valence-corrected chi connectivity index (χ0v) is 23.4. The van der Waals surface area contributed by atoms with E-state index in [9.17, 15) is 9.59 Å². The van der Waals surface area contributed by atoms with Crippen LogP contribution in [0.1, 0.15) is 76.7 Å². The van der Waals surface area contributed by atoms with Crippen LogP contribution in [0, 0.1) is 0 Å². The number of unbranched alkanes of at least 4 members (excludes halogenated alkanes) is 8. The lowest BCUT2D eigenvalue weighted by Crippen LogP contribution is -2.45. The van der Waals surface area contributed by atoms with Crippen molar-refractivity contribution in [3.63, 3.8) is 0 Å². The van der Waals surface area contributed by atoms with E-state index in [2.05, 4.69) is 27.8 Å². The van der Waals surface area contributed by atoms with Gasteiger partial charge >= 0.3 is 0 Å². The van der Waals surface area contributed by atoms with Gasteiger partial charge in [-0.05, 0) is 24.1 Å². The van der Waals surface area contributed by atoms with Gasteiger partial charge in [-0.2, -0.15) is 0 Å². The van der Waals surface area contributed by atoms with Gasteiger partial charge in [0.1, 0.15) is 16.8 Å². The van der Waals surface area contributed by atoms with Crippen molar-refractivity contribution in [3.8, 4) is 16.3 Å². The molecule has 7 nitrogen and oxygen atoms in total. The average Bonchev–Trinajstić information content (AvgIpc) is 3.41. The van der Waals surface area contributed by atoms with Crippen molar-refractivity contribution >= 4 is 28.3 Å². The predicted octanol–water partition coefficient (Wildman–Crippen LogP) is 6.80. The number of benzene rings is 2. The molecule has 0 aliphatic heterocycles. The SMILES string of the molecule is CCCCCCCCCCCC(=O)NC(Cc1ccccc1)C(=O)Nc1nnc(-c2cccc(OC)c2)s1. The summed E-state index contributed by atoms with van der Waals surface area (Å²) in [5.74, 6) is 0.321. The van der Waals surface area contributed by atoms with E-state index in [4.69, 9.17) is 4.74 Å². The molecule has 0 fully saturated rings. The van der Waals surface area contributed by atoms with Crippen LogP contribution in [0.25, 0.3) is 10.6 Å². The van der Waals surface area contributed by atoms with Gasteiger partial charge in [-0.3, -0.25) is 14.9 Å². The number of nitrogens with one attached hydrogen (secondary N) is 2. The summed E-state index contributed by atoms with van der Waals surface area (Å²) in [5.41, 5.74) is 1.84. The molecular formula is C30H40N4O3S. The Morgan fingerprint density at radius 1 is 0.895 bits per heavy atom. The number of ether oxygens (including phenoxy) is 1. The van der Waals surface area contributed by atoms with Crippen molar-refractivity contribution < 1.29 is 14.3 Å². The number of rotatable bonds is 17. The Morgan fingerprint density at radius 3 is 2.32 bits per heavy atom. The minimum atomic E-state index is -0.701. The van der Waals surface area contributed by atoms with Crippen LogP contribution in [-0.4, -0.2) is 35.2 Å². The van der Waals surface area contributed by atoms with Crippen molar-refractivity contribution in [1.82, 2.24) is 15.5 Å². The number of carbonyl (C=O) groups excluding carboxylic acids is 2. The molecule has 1 unspecified atom stereocenters. The maximum absolute atomic E-state index is 13.2. The van der Waals surface area contributed by atoms with Gasteiger partial charge in [0.15, 0.2) is 0 Å². The van der Waals surface area contributed by atoms with Gasteiger partial charge in [0.05, 0.1) is 7.11 Å². The Kier molecular flexibility index (Phi) is 12.8. The molecule has 0 saturated carbocycles. The van der Waals surface area contributed by atoms with Crippen LogP contribution in [-0.2, 0) is 16.0 Å². The van der Waals surface area contributed by atoms with Gasteiger partial charge in [-0.1, -0.05) is 112 Å². The number of hydrogen-bond acceptors (Lipinski definition) is 6. The quantitative estimate of drug-likeness (QED) is 0.185. The number of amides is 2. The van der Waals surface area contributed by atoms with Gasteiger partial charge in [0, 0.05) is 18.4 Å². The zero-order valence-electron chi connectivity index (χ0n) is 22.6. The lowest BCUT2D eigenvalue weighted by atomic mass is 10.0. The molecule has 2 aromatic carbocycles. The average molecular weight is 537 g/mol. The van der Waals surface area contributed by atoms with Gasteiger partial charge < -0.3 is 10.1 Å². The van der Waals surface area contributed by atoms with Crippen molar-refractivity contribution in [2.24, 2.45) is 0 Å². The Balaban J connectivity index is 1.53. The summed E-state index contributed by atoms with van der Waals surface area (Å²) in [6.07, 6.45) is 11.6. The highest BCUT2D eigenvalue weighted by atomic mass is 32.1. The van der Waals surface area contributed by atoms with Crippen LogP contribution in [0.5, 0.6) is 5.75 Å². The molecule has 3 aromatic rings. The minimum Gasteiger partial charge on any atom is -0.497 e. The topological polar surface area (TPSA) is 93.2 Å². The molecule has 0 radical (unpaired) electrons. The first-order valence-electron chi connectivity index (χ1n) is 13.7. The first kappa shape index (κ1) is 29.3. The molecule has 0 aliphatic rings. The number of nitrogens with zero attached hydrogens (tertiary/aromatic N) is 2. The molecule has 1 atom stereocenters. The molecule has 2 amide bonds. The minimum absolute atomic E-state index is 0.0987. The fourth-order valence-electron chi connectivity index (χ4n) is 4.26. The molecule has 2 N–H and O–H groups in total. The Bertz CT molecular complexity index is 1120. The van der Waals surface area contributed by atoms with E-state index in [0.29, 0.717) is 23.0 Å². The van der Waals surface area contributed by atoms with E-state index in [0.717, 1.165) is 36.1 Å². The highest BCUT2D eigenvalue weighted by Gasteiger charge is 2.23. The Hall–Kier alpha value is -3.26. The fraction of sp³-hybridized carbons (Fsp3) is 0.467. The van der Waals surface area contributed by atoms with Crippen LogP contribution in [0.15, 0.2) is 54.6 Å².